The van der Waals surface area contributed by atoms with Crippen LogP contribution < -0.4 is 5.32 Å². The van der Waals surface area contributed by atoms with Crippen LogP contribution in [-0.4, -0.2) is 10.9 Å². The number of halogens is 1. The lowest BCUT2D eigenvalue weighted by Gasteiger charge is -2.06. The van der Waals surface area contributed by atoms with Gasteiger partial charge in [-0.25, -0.2) is 4.98 Å². The van der Waals surface area contributed by atoms with E-state index >= 15 is 0 Å². The quantitative estimate of drug-likeness (QED) is 0.368. The number of amides is 1. The van der Waals surface area contributed by atoms with Gasteiger partial charge in [0, 0.05) is 33.1 Å². The highest BCUT2D eigenvalue weighted by Gasteiger charge is 2.08. The lowest BCUT2D eigenvalue weighted by atomic mass is 10.1. The van der Waals surface area contributed by atoms with Gasteiger partial charge in [-0.1, -0.05) is 70.0 Å². The molecule has 144 valence electrons. The maximum Gasteiger partial charge on any atom is 0.251 e. The minimum absolute atomic E-state index is 0.0794. The van der Waals surface area contributed by atoms with Crippen LogP contribution in [0.3, 0.4) is 0 Å². The Hall–Kier alpha value is -2.76. The van der Waals surface area contributed by atoms with Gasteiger partial charge >= 0.3 is 0 Å². The van der Waals surface area contributed by atoms with Crippen LogP contribution in [0.15, 0.2) is 82.6 Å². The van der Waals surface area contributed by atoms with Gasteiger partial charge in [0.05, 0.1) is 5.69 Å². The Morgan fingerprint density at radius 2 is 1.59 bits per heavy atom. The van der Waals surface area contributed by atoms with Crippen LogP contribution >= 0.6 is 27.3 Å². The average molecular weight is 463 g/mol. The van der Waals surface area contributed by atoms with E-state index in [0.717, 1.165) is 31.9 Å². The van der Waals surface area contributed by atoms with E-state index < -0.39 is 0 Å². The summed E-state index contributed by atoms with van der Waals surface area (Å²) in [5.74, 6) is -0.0794. The standard InChI is InChI=1S/C24H19BrN2OS/c1-16-2-6-18(7-3-16)22-15-29-24(27-22)20-8-4-17(5-9-20)14-26-23(28)19-10-12-21(25)13-11-19/h2-13,15H,14H2,1H3,(H,26,28). The smallest absolute Gasteiger partial charge is 0.251 e. The molecule has 0 bridgehead atoms. The number of hydrogen-bond donors (Lipinski definition) is 1. The maximum absolute atomic E-state index is 12.2. The molecular weight excluding hydrogens is 444 g/mol. The van der Waals surface area contributed by atoms with E-state index in [4.69, 9.17) is 4.98 Å². The summed E-state index contributed by atoms with van der Waals surface area (Å²) in [4.78, 5) is 17.0. The number of carbonyl (C=O) groups is 1. The summed E-state index contributed by atoms with van der Waals surface area (Å²) in [5.41, 5.74) is 6.15. The number of rotatable bonds is 5. The zero-order chi connectivity index (χ0) is 20.2. The number of hydrogen-bond acceptors (Lipinski definition) is 3. The normalized spacial score (nSPS) is 10.7. The first-order valence-corrected chi connectivity index (χ1v) is 10.9. The van der Waals surface area contributed by atoms with Crippen molar-refractivity contribution < 1.29 is 4.79 Å². The van der Waals surface area contributed by atoms with Crippen LogP contribution in [0.5, 0.6) is 0 Å². The molecule has 0 radical (unpaired) electrons. The molecule has 29 heavy (non-hydrogen) atoms. The van der Waals surface area contributed by atoms with Crippen molar-refractivity contribution in [1.29, 1.82) is 0 Å². The highest BCUT2D eigenvalue weighted by Crippen LogP contribution is 2.29. The van der Waals surface area contributed by atoms with Gasteiger partial charge in [0.15, 0.2) is 0 Å². The van der Waals surface area contributed by atoms with Gasteiger partial charge in [-0.15, -0.1) is 11.3 Å². The lowest BCUT2D eigenvalue weighted by molar-refractivity contribution is 0.0951. The van der Waals surface area contributed by atoms with Crippen molar-refractivity contribution in [3.8, 4) is 21.8 Å². The molecule has 1 amide bonds. The Morgan fingerprint density at radius 1 is 0.931 bits per heavy atom. The molecule has 0 aliphatic rings. The molecular formula is C24H19BrN2OS. The van der Waals surface area contributed by atoms with Crippen LogP contribution in [0.1, 0.15) is 21.5 Å². The zero-order valence-corrected chi connectivity index (χ0v) is 18.3. The number of aromatic nitrogens is 1. The summed E-state index contributed by atoms with van der Waals surface area (Å²) >= 11 is 5.02. The lowest BCUT2D eigenvalue weighted by Crippen LogP contribution is -2.22. The Labute approximate surface area is 182 Å². The number of aryl methyl sites for hydroxylation is 1. The van der Waals surface area contributed by atoms with Gasteiger partial charge in [-0.05, 0) is 36.8 Å². The van der Waals surface area contributed by atoms with Gasteiger partial charge in [0.2, 0.25) is 0 Å². The fraction of sp³-hybridized carbons (Fsp3) is 0.0833. The van der Waals surface area contributed by atoms with Crippen LogP contribution in [0, 0.1) is 6.92 Å². The Morgan fingerprint density at radius 3 is 2.28 bits per heavy atom. The number of carbonyl (C=O) groups excluding carboxylic acids is 1. The second kappa shape index (κ2) is 8.72. The molecule has 0 spiro atoms. The summed E-state index contributed by atoms with van der Waals surface area (Å²) in [6.45, 7) is 2.57. The van der Waals surface area contributed by atoms with E-state index in [9.17, 15) is 4.79 Å². The predicted octanol–water partition coefficient (Wildman–Crippen LogP) is 6.48. The Bertz CT molecular complexity index is 1120. The third-order valence-corrected chi connectivity index (χ3v) is 6.03. The first-order valence-electron chi connectivity index (χ1n) is 9.24. The molecule has 0 unspecified atom stereocenters. The minimum Gasteiger partial charge on any atom is -0.348 e. The van der Waals surface area contributed by atoms with E-state index in [1.807, 2.05) is 24.3 Å². The van der Waals surface area contributed by atoms with Crippen LogP contribution in [0.2, 0.25) is 0 Å². The molecule has 0 saturated heterocycles. The molecule has 0 aliphatic heterocycles. The van der Waals surface area contributed by atoms with Gasteiger partial charge in [-0.3, -0.25) is 4.79 Å². The van der Waals surface area contributed by atoms with Gasteiger partial charge < -0.3 is 5.32 Å². The summed E-state index contributed by atoms with van der Waals surface area (Å²) in [5, 5.41) is 6.04. The Balaban J connectivity index is 1.41. The van der Waals surface area contributed by atoms with E-state index in [2.05, 4.69) is 69.9 Å². The molecule has 5 heteroatoms. The molecule has 0 atom stereocenters. The fourth-order valence-corrected chi connectivity index (χ4v) is 4.01. The van der Waals surface area contributed by atoms with E-state index in [-0.39, 0.29) is 5.91 Å². The Kier molecular flexibility index (Phi) is 5.88. The van der Waals surface area contributed by atoms with E-state index in [0.29, 0.717) is 12.1 Å². The molecule has 1 N–H and O–H groups in total. The molecule has 4 aromatic rings. The number of thiazole rings is 1. The van der Waals surface area contributed by atoms with Crippen LogP contribution in [0.25, 0.3) is 21.8 Å². The third kappa shape index (κ3) is 4.81. The van der Waals surface area contributed by atoms with Gasteiger partial charge in [-0.2, -0.15) is 0 Å². The molecule has 4 rings (SSSR count). The fourth-order valence-electron chi connectivity index (χ4n) is 2.91. The SMILES string of the molecule is Cc1ccc(-c2csc(-c3ccc(CNC(=O)c4ccc(Br)cc4)cc3)n2)cc1. The number of nitrogens with zero attached hydrogens (tertiary/aromatic N) is 1. The summed E-state index contributed by atoms with van der Waals surface area (Å²) < 4.78 is 0.956. The van der Waals surface area contributed by atoms with E-state index in [1.165, 1.54) is 5.56 Å². The minimum atomic E-state index is -0.0794. The third-order valence-electron chi connectivity index (χ3n) is 4.61. The molecule has 1 heterocycles. The largest absolute Gasteiger partial charge is 0.348 e. The highest BCUT2D eigenvalue weighted by atomic mass is 79.9. The van der Waals surface area contributed by atoms with Gasteiger partial charge in [0.25, 0.3) is 5.91 Å². The van der Waals surface area contributed by atoms with Gasteiger partial charge in [0.1, 0.15) is 5.01 Å². The topological polar surface area (TPSA) is 42.0 Å². The van der Waals surface area contributed by atoms with Crippen molar-refractivity contribution in [3.05, 3.63) is 99.3 Å². The molecule has 0 saturated carbocycles. The van der Waals surface area contributed by atoms with Crippen molar-refractivity contribution in [1.82, 2.24) is 10.3 Å². The van der Waals surface area contributed by atoms with Crippen molar-refractivity contribution in [3.63, 3.8) is 0 Å². The first-order chi connectivity index (χ1) is 14.1. The average Bonchev–Trinajstić information content (AvgIpc) is 3.24. The first kappa shape index (κ1) is 19.6. The summed E-state index contributed by atoms with van der Waals surface area (Å²) in [7, 11) is 0. The molecule has 0 aliphatic carbocycles. The maximum atomic E-state index is 12.2. The second-order valence-corrected chi connectivity index (χ2v) is 8.56. The van der Waals surface area contributed by atoms with Crippen molar-refractivity contribution >= 4 is 33.2 Å². The second-order valence-electron chi connectivity index (χ2n) is 6.79. The van der Waals surface area contributed by atoms with Crippen molar-refractivity contribution in [2.75, 3.05) is 0 Å². The highest BCUT2D eigenvalue weighted by molar-refractivity contribution is 9.10. The van der Waals surface area contributed by atoms with Crippen molar-refractivity contribution in [2.24, 2.45) is 0 Å². The van der Waals surface area contributed by atoms with E-state index in [1.54, 1.807) is 23.5 Å². The number of nitrogens with one attached hydrogen (secondary N) is 1. The molecule has 3 aromatic carbocycles. The molecule has 0 fully saturated rings. The summed E-state index contributed by atoms with van der Waals surface area (Å²) in [6.07, 6.45) is 0. The van der Waals surface area contributed by atoms with Crippen molar-refractivity contribution in [2.45, 2.75) is 13.5 Å². The zero-order valence-electron chi connectivity index (χ0n) is 15.9. The van der Waals surface area contributed by atoms with Crippen LogP contribution in [0.4, 0.5) is 0 Å². The molecule has 3 nitrogen and oxygen atoms in total. The van der Waals surface area contributed by atoms with Crippen LogP contribution in [-0.2, 0) is 6.54 Å². The molecule has 1 aromatic heterocycles. The number of benzene rings is 3. The predicted molar refractivity (Wildman–Crippen MR) is 123 cm³/mol. The monoisotopic (exact) mass is 462 g/mol. The summed E-state index contributed by atoms with van der Waals surface area (Å²) in [6, 6.07) is 23.9.